The van der Waals surface area contributed by atoms with Gasteiger partial charge in [0.15, 0.2) is 0 Å². The molecule has 1 heterocycles. The van der Waals surface area contributed by atoms with Gasteiger partial charge in [-0.3, -0.25) is 0 Å². The molecule has 3 heteroatoms. The lowest BCUT2D eigenvalue weighted by Crippen LogP contribution is -2.36. The number of thiophene rings is 1. The van der Waals surface area contributed by atoms with Gasteiger partial charge < -0.3 is 10.1 Å². The maximum Gasteiger partial charge on any atom is 0.0587 e. The second-order valence-electron chi connectivity index (χ2n) is 5.81. The van der Waals surface area contributed by atoms with E-state index in [9.17, 15) is 0 Å². The van der Waals surface area contributed by atoms with Crippen LogP contribution in [0.25, 0.3) is 10.1 Å². The smallest absolute Gasteiger partial charge is 0.0587 e. The summed E-state index contributed by atoms with van der Waals surface area (Å²) in [6.45, 7) is 7.41. The van der Waals surface area contributed by atoms with Crippen molar-refractivity contribution in [2.24, 2.45) is 5.41 Å². The van der Waals surface area contributed by atoms with Gasteiger partial charge in [-0.05, 0) is 47.1 Å². The Balaban J connectivity index is 2.11. The predicted octanol–water partition coefficient (Wildman–Crippen LogP) is 4.49. The SMILES string of the molecule is CCC(CC)(CNCCOC)Cc1csc2ccccc12. The third-order valence-electron chi connectivity index (χ3n) is 4.61. The van der Waals surface area contributed by atoms with Crippen molar-refractivity contribution in [3.05, 3.63) is 35.2 Å². The van der Waals surface area contributed by atoms with Crippen molar-refractivity contribution in [3.63, 3.8) is 0 Å². The van der Waals surface area contributed by atoms with Crippen LogP contribution in [0.2, 0.25) is 0 Å². The zero-order chi connectivity index (χ0) is 15.1. The van der Waals surface area contributed by atoms with Crippen LogP contribution >= 0.6 is 11.3 Å². The normalized spacial score (nSPS) is 12.1. The van der Waals surface area contributed by atoms with Crippen molar-refractivity contribution in [1.82, 2.24) is 5.32 Å². The molecule has 0 fully saturated rings. The van der Waals surface area contributed by atoms with Gasteiger partial charge in [-0.1, -0.05) is 32.0 Å². The number of nitrogens with one attached hydrogen (secondary N) is 1. The summed E-state index contributed by atoms with van der Waals surface area (Å²) in [5.74, 6) is 0. The first-order valence-electron chi connectivity index (χ1n) is 7.89. The molecule has 1 aromatic heterocycles. The minimum absolute atomic E-state index is 0.345. The first-order chi connectivity index (χ1) is 10.2. The number of ether oxygens (including phenoxy) is 1. The zero-order valence-corrected chi connectivity index (χ0v) is 14.3. The third kappa shape index (κ3) is 4.06. The largest absolute Gasteiger partial charge is 0.383 e. The summed E-state index contributed by atoms with van der Waals surface area (Å²) in [7, 11) is 1.76. The molecule has 116 valence electrons. The van der Waals surface area contributed by atoms with Gasteiger partial charge in [0.1, 0.15) is 0 Å². The van der Waals surface area contributed by atoms with Gasteiger partial charge in [0, 0.05) is 24.9 Å². The highest BCUT2D eigenvalue weighted by Crippen LogP contribution is 2.35. The van der Waals surface area contributed by atoms with E-state index in [0.717, 1.165) is 26.1 Å². The standard InChI is InChI=1S/C18H27NOS/c1-4-18(5-2,14-19-10-11-20-3)12-15-13-21-17-9-7-6-8-16(15)17/h6-9,13,19H,4-5,10-12,14H2,1-3H3. The predicted molar refractivity (Wildman–Crippen MR) is 93.3 cm³/mol. The van der Waals surface area contributed by atoms with Crippen LogP contribution in [0, 0.1) is 5.41 Å². The highest BCUT2D eigenvalue weighted by atomic mass is 32.1. The molecule has 1 aromatic carbocycles. The van der Waals surface area contributed by atoms with Crippen molar-refractivity contribution in [2.45, 2.75) is 33.1 Å². The minimum atomic E-state index is 0.345. The van der Waals surface area contributed by atoms with E-state index < -0.39 is 0 Å². The molecule has 0 saturated carbocycles. The Morgan fingerprint density at radius 3 is 2.67 bits per heavy atom. The molecule has 0 aliphatic carbocycles. The molecule has 0 saturated heterocycles. The molecule has 1 N–H and O–H groups in total. The lowest BCUT2D eigenvalue weighted by Gasteiger charge is -2.32. The van der Waals surface area contributed by atoms with Gasteiger partial charge in [-0.25, -0.2) is 0 Å². The Bertz CT molecular complexity index is 545. The van der Waals surface area contributed by atoms with E-state index in [1.54, 1.807) is 7.11 Å². The molecular formula is C18H27NOS. The Kier molecular flexibility index (Phi) is 6.22. The van der Waals surface area contributed by atoms with E-state index in [0.29, 0.717) is 5.41 Å². The zero-order valence-electron chi connectivity index (χ0n) is 13.4. The second kappa shape index (κ2) is 7.92. The summed E-state index contributed by atoms with van der Waals surface area (Å²) >= 11 is 1.87. The minimum Gasteiger partial charge on any atom is -0.383 e. The Morgan fingerprint density at radius 2 is 1.95 bits per heavy atom. The van der Waals surface area contributed by atoms with E-state index in [1.165, 1.54) is 28.5 Å². The second-order valence-corrected chi connectivity index (χ2v) is 6.72. The average molecular weight is 305 g/mol. The lowest BCUT2D eigenvalue weighted by atomic mass is 9.77. The molecule has 0 aliphatic heterocycles. The fraction of sp³-hybridized carbons (Fsp3) is 0.556. The molecule has 0 aliphatic rings. The Hall–Kier alpha value is -0.900. The maximum absolute atomic E-state index is 5.13. The van der Waals surface area contributed by atoms with Gasteiger partial charge >= 0.3 is 0 Å². The van der Waals surface area contributed by atoms with E-state index >= 15 is 0 Å². The van der Waals surface area contributed by atoms with Gasteiger partial charge in [-0.2, -0.15) is 0 Å². The topological polar surface area (TPSA) is 21.3 Å². The average Bonchev–Trinajstić information content (AvgIpc) is 2.93. The number of benzene rings is 1. The molecule has 0 atom stereocenters. The Labute approximate surface area is 132 Å². The third-order valence-corrected chi connectivity index (χ3v) is 5.62. The number of hydrogen-bond acceptors (Lipinski definition) is 3. The van der Waals surface area contributed by atoms with Crippen molar-refractivity contribution in [3.8, 4) is 0 Å². The fourth-order valence-corrected chi connectivity index (χ4v) is 3.88. The molecule has 0 amide bonds. The summed E-state index contributed by atoms with van der Waals surface area (Å²) < 4.78 is 6.53. The van der Waals surface area contributed by atoms with E-state index in [-0.39, 0.29) is 0 Å². The summed E-state index contributed by atoms with van der Waals surface area (Å²) in [5, 5.41) is 7.35. The fourth-order valence-electron chi connectivity index (χ4n) is 2.91. The number of methoxy groups -OCH3 is 1. The number of hydrogen-bond donors (Lipinski definition) is 1. The Morgan fingerprint density at radius 1 is 1.19 bits per heavy atom. The molecule has 0 radical (unpaired) electrons. The van der Waals surface area contributed by atoms with Crippen molar-refractivity contribution in [1.29, 1.82) is 0 Å². The van der Waals surface area contributed by atoms with Crippen LogP contribution in [-0.4, -0.2) is 26.8 Å². The summed E-state index contributed by atoms with van der Waals surface area (Å²) in [6.07, 6.45) is 3.56. The number of rotatable bonds is 9. The first-order valence-corrected chi connectivity index (χ1v) is 8.77. The number of fused-ring (bicyclic) bond motifs is 1. The van der Waals surface area contributed by atoms with Crippen molar-refractivity contribution >= 4 is 21.4 Å². The first kappa shape index (κ1) is 16.5. The highest BCUT2D eigenvalue weighted by molar-refractivity contribution is 7.17. The van der Waals surface area contributed by atoms with Crippen LogP contribution in [0.1, 0.15) is 32.3 Å². The van der Waals surface area contributed by atoms with Crippen LogP contribution in [-0.2, 0) is 11.2 Å². The van der Waals surface area contributed by atoms with Gasteiger partial charge in [0.2, 0.25) is 0 Å². The van der Waals surface area contributed by atoms with Gasteiger partial charge in [0.05, 0.1) is 6.61 Å². The van der Waals surface area contributed by atoms with Gasteiger partial charge in [-0.15, -0.1) is 11.3 Å². The lowest BCUT2D eigenvalue weighted by molar-refractivity contribution is 0.186. The van der Waals surface area contributed by atoms with Crippen LogP contribution in [0.4, 0.5) is 0 Å². The molecule has 2 nitrogen and oxygen atoms in total. The van der Waals surface area contributed by atoms with Crippen LogP contribution in [0.3, 0.4) is 0 Å². The van der Waals surface area contributed by atoms with Crippen LogP contribution in [0.15, 0.2) is 29.6 Å². The van der Waals surface area contributed by atoms with E-state index in [1.807, 2.05) is 11.3 Å². The summed E-state index contributed by atoms with van der Waals surface area (Å²) in [6, 6.07) is 8.76. The maximum atomic E-state index is 5.13. The van der Waals surface area contributed by atoms with Crippen molar-refractivity contribution in [2.75, 3.05) is 26.8 Å². The molecule has 2 rings (SSSR count). The van der Waals surface area contributed by atoms with E-state index in [4.69, 9.17) is 4.74 Å². The summed E-state index contributed by atoms with van der Waals surface area (Å²) in [4.78, 5) is 0. The molecule has 0 unspecified atom stereocenters. The monoisotopic (exact) mass is 305 g/mol. The molecule has 0 bridgehead atoms. The molecular weight excluding hydrogens is 278 g/mol. The van der Waals surface area contributed by atoms with E-state index in [2.05, 4.69) is 48.8 Å². The molecule has 2 aromatic rings. The van der Waals surface area contributed by atoms with Gasteiger partial charge in [0.25, 0.3) is 0 Å². The molecule has 21 heavy (non-hydrogen) atoms. The highest BCUT2D eigenvalue weighted by Gasteiger charge is 2.27. The summed E-state index contributed by atoms with van der Waals surface area (Å²) in [5.41, 5.74) is 1.85. The quantitative estimate of drug-likeness (QED) is 0.689. The molecule has 0 spiro atoms. The van der Waals surface area contributed by atoms with Crippen LogP contribution < -0.4 is 5.32 Å². The van der Waals surface area contributed by atoms with Crippen LogP contribution in [0.5, 0.6) is 0 Å². The van der Waals surface area contributed by atoms with Crippen molar-refractivity contribution < 1.29 is 4.74 Å².